The zero-order valence-electron chi connectivity index (χ0n) is 13.5. The third-order valence-corrected chi connectivity index (χ3v) is 4.22. The molecule has 2 atom stereocenters. The fourth-order valence-corrected chi connectivity index (χ4v) is 3.03. The van der Waals surface area contributed by atoms with Crippen LogP contribution in [0.1, 0.15) is 19.3 Å². The highest BCUT2D eigenvalue weighted by atomic mass is 16.5. The maximum absolute atomic E-state index is 12.4. The van der Waals surface area contributed by atoms with Crippen molar-refractivity contribution in [2.75, 3.05) is 32.1 Å². The Kier molecular flexibility index (Phi) is 4.36. The molecule has 2 fully saturated rings. The molecule has 3 heterocycles. The highest BCUT2D eigenvalue weighted by molar-refractivity contribution is 5.90. The molecular formula is C16H22N4O3. The number of hydrogen-bond acceptors (Lipinski definition) is 5. The molecule has 2 aliphatic heterocycles. The normalized spacial score (nSPS) is 23.7. The van der Waals surface area contributed by atoms with Crippen molar-refractivity contribution >= 4 is 17.6 Å². The minimum Gasteiger partial charge on any atom is -0.485 e. The molecule has 2 saturated heterocycles. The standard InChI is InChI=1S/C16H22N4O3/c1-19(2)15-13(4-3-8-17-15)23-11-7-9-20(10-11)16(22)12-5-6-14(21)18-12/h3-4,8,11-12H,5-7,9-10H2,1-2H3,(H,18,21)/t11-,12-/m1/s1. The number of aromatic nitrogens is 1. The minimum absolute atomic E-state index is 0.000898. The van der Waals surface area contributed by atoms with Gasteiger partial charge in [-0.05, 0) is 18.6 Å². The average molecular weight is 318 g/mol. The van der Waals surface area contributed by atoms with E-state index in [2.05, 4.69) is 10.3 Å². The molecule has 1 aromatic heterocycles. The number of amides is 2. The van der Waals surface area contributed by atoms with Gasteiger partial charge in [0.15, 0.2) is 11.6 Å². The Hall–Kier alpha value is -2.31. The van der Waals surface area contributed by atoms with E-state index in [4.69, 9.17) is 4.74 Å². The molecule has 1 N–H and O–H groups in total. The predicted molar refractivity (Wildman–Crippen MR) is 85.3 cm³/mol. The second kappa shape index (κ2) is 6.44. The second-order valence-corrected chi connectivity index (χ2v) is 6.19. The lowest BCUT2D eigenvalue weighted by molar-refractivity contribution is -0.133. The largest absolute Gasteiger partial charge is 0.485 e. The SMILES string of the molecule is CN(C)c1ncccc1O[C@@H]1CCN(C(=O)[C@H]2CCC(=O)N2)C1. The van der Waals surface area contributed by atoms with Crippen LogP contribution in [-0.4, -0.2) is 61.0 Å². The van der Waals surface area contributed by atoms with E-state index >= 15 is 0 Å². The molecule has 7 heteroatoms. The lowest BCUT2D eigenvalue weighted by Gasteiger charge is -2.22. The number of nitrogens with zero attached hydrogens (tertiary/aromatic N) is 3. The van der Waals surface area contributed by atoms with Crippen LogP contribution in [0.4, 0.5) is 5.82 Å². The number of hydrogen-bond donors (Lipinski definition) is 1. The van der Waals surface area contributed by atoms with E-state index in [0.29, 0.717) is 25.9 Å². The van der Waals surface area contributed by atoms with Crippen LogP contribution in [0, 0.1) is 0 Å². The molecule has 0 aromatic carbocycles. The van der Waals surface area contributed by atoms with Gasteiger partial charge in [-0.2, -0.15) is 0 Å². The first kappa shape index (κ1) is 15.6. The zero-order chi connectivity index (χ0) is 16.4. The molecule has 124 valence electrons. The van der Waals surface area contributed by atoms with Gasteiger partial charge >= 0.3 is 0 Å². The topological polar surface area (TPSA) is 74.8 Å². The predicted octanol–water partition coefficient (Wildman–Crippen LogP) is 0.406. The zero-order valence-corrected chi connectivity index (χ0v) is 13.5. The van der Waals surface area contributed by atoms with Crippen LogP contribution in [-0.2, 0) is 9.59 Å². The number of carbonyl (C=O) groups excluding carboxylic acids is 2. The lowest BCUT2D eigenvalue weighted by atomic mass is 10.2. The van der Waals surface area contributed by atoms with Crippen molar-refractivity contribution in [3.05, 3.63) is 18.3 Å². The summed E-state index contributed by atoms with van der Waals surface area (Å²) in [6.45, 7) is 1.21. The Labute approximate surface area is 135 Å². The van der Waals surface area contributed by atoms with Crippen LogP contribution in [0.5, 0.6) is 5.75 Å². The number of rotatable bonds is 4. The molecule has 3 rings (SSSR count). The number of likely N-dealkylation sites (tertiary alicyclic amines) is 1. The van der Waals surface area contributed by atoms with Gasteiger partial charge in [-0.15, -0.1) is 0 Å². The number of anilines is 1. The Bertz CT molecular complexity index is 605. The highest BCUT2D eigenvalue weighted by Crippen LogP contribution is 2.27. The third-order valence-electron chi connectivity index (χ3n) is 4.22. The Morgan fingerprint density at radius 3 is 2.96 bits per heavy atom. The summed E-state index contributed by atoms with van der Waals surface area (Å²) in [6, 6.07) is 3.37. The fraction of sp³-hybridized carbons (Fsp3) is 0.562. The van der Waals surface area contributed by atoms with Crippen molar-refractivity contribution in [2.45, 2.75) is 31.4 Å². The number of carbonyl (C=O) groups is 2. The van der Waals surface area contributed by atoms with Crippen molar-refractivity contribution < 1.29 is 14.3 Å². The van der Waals surface area contributed by atoms with Crippen molar-refractivity contribution in [3.63, 3.8) is 0 Å². The maximum atomic E-state index is 12.4. The Morgan fingerprint density at radius 2 is 2.26 bits per heavy atom. The summed E-state index contributed by atoms with van der Waals surface area (Å²) in [7, 11) is 3.84. The van der Waals surface area contributed by atoms with E-state index in [1.807, 2.05) is 31.1 Å². The summed E-state index contributed by atoms with van der Waals surface area (Å²) in [5, 5.41) is 2.73. The second-order valence-electron chi connectivity index (χ2n) is 6.19. The van der Waals surface area contributed by atoms with Gasteiger partial charge in [-0.3, -0.25) is 9.59 Å². The van der Waals surface area contributed by atoms with Crippen molar-refractivity contribution in [1.82, 2.24) is 15.2 Å². The van der Waals surface area contributed by atoms with Crippen molar-refractivity contribution in [3.8, 4) is 5.75 Å². The summed E-state index contributed by atoms with van der Waals surface area (Å²) in [5.41, 5.74) is 0. The smallest absolute Gasteiger partial charge is 0.245 e. The van der Waals surface area contributed by atoms with Crippen LogP contribution >= 0.6 is 0 Å². The van der Waals surface area contributed by atoms with Crippen molar-refractivity contribution in [2.24, 2.45) is 0 Å². The Morgan fingerprint density at radius 1 is 1.43 bits per heavy atom. The van der Waals surface area contributed by atoms with Crippen molar-refractivity contribution in [1.29, 1.82) is 0 Å². The molecule has 7 nitrogen and oxygen atoms in total. The maximum Gasteiger partial charge on any atom is 0.245 e. The summed E-state index contributed by atoms with van der Waals surface area (Å²) in [5.74, 6) is 1.47. The van der Waals surface area contributed by atoms with E-state index in [1.165, 1.54) is 0 Å². The molecule has 2 amide bonds. The van der Waals surface area contributed by atoms with E-state index in [-0.39, 0.29) is 24.0 Å². The van der Waals surface area contributed by atoms with Gasteiger partial charge in [-0.1, -0.05) is 0 Å². The molecule has 0 radical (unpaired) electrons. The molecule has 0 aliphatic carbocycles. The molecular weight excluding hydrogens is 296 g/mol. The van der Waals surface area contributed by atoms with Gasteiger partial charge < -0.3 is 19.9 Å². The van der Waals surface area contributed by atoms with E-state index < -0.39 is 0 Å². The summed E-state index contributed by atoms with van der Waals surface area (Å²) >= 11 is 0. The van der Waals surface area contributed by atoms with E-state index in [0.717, 1.165) is 18.0 Å². The first-order valence-corrected chi connectivity index (χ1v) is 7.91. The first-order chi connectivity index (χ1) is 11.0. The minimum atomic E-state index is -0.364. The molecule has 0 bridgehead atoms. The van der Waals surface area contributed by atoms with E-state index in [9.17, 15) is 9.59 Å². The number of nitrogens with one attached hydrogen (secondary N) is 1. The van der Waals surface area contributed by atoms with Crippen LogP contribution in [0.15, 0.2) is 18.3 Å². The first-order valence-electron chi connectivity index (χ1n) is 7.91. The van der Waals surface area contributed by atoms with Gasteiger partial charge in [0, 0.05) is 39.7 Å². The van der Waals surface area contributed by atoms with Crippen LogP contribution in [0.2, 0.25) is 0 Å². The van der Waals surface area contributed by atoms with Gasteiger partial charge in [-0.25, -0.2) is 4.98 Å². The molecule has 0 saturated carbocycles. The van der Waals surface area contributed by atoms with Gasteiger partial charge in [0.2, 0.25) is 11.8 Å². The molecule has 1 aromatic rings. The molecule has 0 spiro atoms. The number of pyridine rings is 1. The molecule has 0 unspecified atom stereocenters. The molecule has 2 aliphatic rings. The fourth-order valence-electron chi connectivity index (χ4n) is 3.03. The summed E-state index contributed by atoms with van der Waals surface area (Å²) < 4.78 is 6.05. The monoisotopic (exact) mass is 318 g/mol. The third kappa shape index (κ3) is 3.38. The highest BCUT2D eigenvalue weighted by Gasteiger charge is 2.35. The summed E-state index contributed by atoms with van der Waals surface area (Å²) in [4.78, 5) is 31.7. The average Bonchev–Trinajstić information content (AvgIpc) is 3.16. The van der Waals surface area contributed by atoms with Crippen LogP contribution in [0.3, 0.4) is 0 Å². The number of ether oxygens (including phenoxy) is 1. The van der Waals surface area contributed by atoms with Crippen LogP contribution < -0.4 is 15.0 Å². The lowest BCUT2D eigenvalue weighted by Crippen LogP contribution is -2.44. The van der Waals surface area contributed by atoms with Crippen LogP contribution in [0.25, 0.3) is 0 Å². The summed E-state index contributed by atoms with van der Waals surface area (Å²) in [6.07, 6.45) is 3.50. The van der Waals surface area contributed by atoms with E-state index in [1.54, 1.807) is 11.1 Å². The van der Waals surface area contributed by atoms with Gasteiger partial charge in [0.1, 0.15) is 12.1 Å². The Balaban J connectivity index is 1.60. The van der Waals surface area contributed by atoms with Gasteiger partial charge in [0.25, 0.3) is 0 Å². The van der Waals surface area contributed by atoms with Gasteiger partial charge in [0.05, 0.1) is 6.54 Å². The quantitative estimate of drug-likeness (QED) is 0.870. The molecule has 23 heavy (non-hydrogen) atoms.